The Bertz CT molecular complexity index is 1400. The van der Waals surface area contributed by atoms with Gasteiger partial charge in [-0.15, -0.1) is 11.8 Å². The van der Waals surface area contributed by atoms with Crippen molar-refractivity contribution in [1.82, 2.24) is 0 Å². The summed E-state index contributed by atoms with van der Waals surface area (Å²) < 4.78 is 0. The normalized spacial score (nSPS) is 17.2. The van der Waals surface area contributed by atoms with Crippen LogP contribution in [0.2, 0.25) is 0 Å². The fourth-order valence-corrected chi connectivity index (χ4v) is 5.38. The molecular formula is C30H28N2O6S. The van der Waals surface area contributed by atoms with Gasteiger partial charge in [-0.3, -0.25) is 14.4 Å². The van der Waals surface area contributed by atoms with Crippen LogP contribution in [0.4, 0.5) is 11.4 Å². The van der Waals surface area contributed by atoms with Crippen molar-refractivity contribution in [3.8, 4) is 0 Å². The molecule has 39 heavy (non-hydrogen) atoms. The van der Waals surface area contributed by atoms with E-state index in [1.807, 2.05) is 36.4 Å². The second-order valence-corrected chi connectivity index (χ2v) is 10.4. The highest BCUT2D eigenvalue weighted by molar-refractivity contribution is 8.00. The molecule has 0 heterocycles. The van der Waals surface area contributed by atoms with Gasteiger partial charge in [0.05, 0.1) is 17.4 Å². The van der Waals surface area contributed by atoms with Crippen molar-refractivity contribution in [3.05, 3.63) is 102 Å². The van der Waals surface area contributed by atoms with Crippen LogP contribution in [0.25, 0.3) is 0 Å². The highest BCUT2D eigenvalue weighted by atomic mass is 32.2. The molecule has 0 spiro atoms. The van der Waals surface area contributed by atoms with Crippen LogP contribution in [-0.4, -0.2) is 34.0 Å². The smallest absolute Gasteiger partial charge is 0.335 e. The Kier molecular flexibility index (Phi) is 8.83. The number of hydrogen-bond donors (Lipinski definition) is 4. The lowest BCUT2D eigenvalue weighted by atomic mass is 9.82. The van der Waals surface area contributed by atoms with Crippen LogP contribution in [-0.2, 0) is 14.4 Å². The maximum Gasteiger partial charge on any atom is 0.335 e. The van der Waals surface area contributed by atoms with E-state index in [0.717, 1.165) is 16.0 Å². The molecule has 3 aromatic carbocycles. The first-order valence-electron chi connectivity index (χ1n) is 12.4. The molecule has 2 amide bonds. The lowest BCUT2D eigenvalue weighted by Crippen LogP contribution is -2.34. The van der Waals surface area contributed by atoms with E-state index in [9.17, 15) is 29.4 Å². The Morgan fingerprint density at radius 2 is 1.51 bits per heavy atom. The average molecular weight is 545 g/mol. The SMILES string of the molecule is Cc1ccc(C(=O)O)cc1NC(=O)C(Sc1ccc(NC(=O)C2CC=CCC2C(=O)O)cc1)c1ccccc1. The van der Waals surface area contributed by atoms with Gasteiger partial charge in [0.2, 0.25) is 11.8 Å². The fourth-order valence-electron chi connectivity index (χ4n) is 4.35. The van der Waals surface area contributed by atoms with Gasteiger partial charge in [-0.05, 0) is 67.3 Å². The topological polar surface area (TPSA) is 133 Å². The van der Waals surface area contributed by atoms with Gasteiger partial charge in [0.25, 0.3) is 0 Å². The van der Waals surface area contributed by atoms with E-state index in [1.54, 1.807) is 43.3 Å². The molecule has 4 N–H and O–H groups in total. The summed E-state index contributed by atoms with van der Waals surface area (Å²) in [5.41, 5.74) is 2.55. The predicted octanol–water partition coefficient (Wildman–Crippen LogP) is 5.77. The van der Waals surface area contributed by atoms with E-state index in [-0.39, 0.29) is 17.4 Å². The third-order valence-corrected chi connectivity index (χ3v) is 7.81. The fraction of sp³-hybridized carbons (Fsp3) is 0.200. The van der Waals surface area contributed by atoms with E-state index in [0.29, 0.717) is 24.2 Å². The van der Waals surface area contributed by atoms with E-state index < -0.39 is 29.0 Å². The van der Waals surface area contributed by atoms with Gasteiger partial charge in [-0.2, -0.15) is 0 Å². The molecule has 3 aromatic rings. The second kappa shape index (κ2) is 12.4. The number of carboxylic acids is 2. The van der Waals surface area contributed by atoms with Crippen molar-refractivity contribution in [3.63, 3.8) is 0 Å². The summed E-state index contributed by atoms with van der Waals surface area (Å²) in [6, 6.07) is 20.8. The molecule has 0 aromatic heterocycles. The Morgan fingerprint density at radius 1 is 0.846 bits per heavy atom. The van der Waals surface area contributed by atoms with Gasteiger partial charge < -0.3 is 20.8 Å². The molecule has 1 aliphatic carbocycles. The van der Waals surface area contributed by atoms with Gasteiger partial charge >= 0.3 is 11.9 Å². The van der Waals surface area contributed by atoms with Crippen molar-refractivity contribution in [2.24, 2.45) is 11.8 Å². The van der Waals surface area contributed by atoms with E-state index in [4.69, 9.17) is 0 Å². The number of amides is 2. The van der Waals surface area contributed by atoms with Crippen LogP contribution < -0.4 is 10.6 Å². The van der Waals surface area contributed by atoms with Crippen LogP contribution in [0.1, 0.15) is 39.6 Å². The number of aliphatic carboxylic acids is 1. The predicted molar refractivity (Wildman–Crippen MR) is 150 cm³/mol. The monoisotopic (exact) mass is 544 g/mol. The summed E-state index contributed by atoms with van der Waals surface area (Å²) in [6.45, 7) is 1.79. The first kappa shape index (κ1) is 27.7. The third kappa shape index (κ3) is 6.94. The minimum atomic E-state index is -1.08. The quantitative estimate of drug-likeness (QED) is 0.199. The largest absolute Gasteiger partial charge is 0.481 e. The van der Waals surface area contributed by atoms with Crippen molar-refractivity contribution >= 4 is 46.9 Å². The summed E-state index contributed by atoms with van der Waals surface area (Å²) >= 11 is 1.32. The summed E-state index contributed by atoms with van der Waals surface area (Å²) in [7, 11) is 0. The summed E-state index contributed by atoms with van der Waals surface area (Å²) in [5.74, 6) is -4.11. The molecule has 0 bridgehead atoms. The zero-order valence-corrected chi connectivity index (χ0v) is 22.0. The third-order valence-electron chi connectivity index (χ3n) is 6.55. The molecule has 9 heteroatoms. The molecule has 0 fully saturated rings. The maximum absolute atomic E-state index is 13.4. The van der Waals surface area contributed by atoms with Crippen molar-refractivity contribution in [2.45, 2.75) is 29.9 Å². The summed E-state index contributed by atoms with van der Waals surface area (Å²) in [5, 5.41) is 23.8. The number of rotatable bonds is 9. The molecule has 3 atom stereocenters. The first-order chi connectivity index (χ1) is 18.7. The van der Waals surface area contributed by atoms with Crippen molar-refractivity contribution < 1.29 is 29.4 Å². The van der Waals surface area contributed by atoms with Gasteiger partial charge in [-0.1, -0.05) is 48.6 Å². The molecule has 1 aliphatic rings. The number of benzene rings is 3. The molecule has 3 unspecified atom stereocenters. The Balaban J connectivity index is 1.50. The number of carbonyl (C=O) groups is 4. The number of anilines is 2. The Labute approximate surface area is 230 Å². The average Bonchev–Trinajstić information content (AvgIpc) is 2.94. The van der Waals surface area contributed by atoms with Crippen molar-refractivity contribution in [2.75, 3.05) is 10.6 Å². The number of nitrogens with one attached hydrogen (secondary N) is 2. The van der Waals surface area contributed by atoms with Gasteiger partial charge in [-0.25, -0.2) is 4.79 Å². The van der Waals surface area contributed by atoms with Crippen LogP contribution in [0.5, 0.6) is 0 Å². The van der Waals surface area contributed by atoms with E-state index >= 15 is 0 Å². The van der Waals surface area contributed by atoms with E-state index in [2.05, 4.69) is 10.6 Å². The molecular weight excluding hydrogens is 516 g/mol. The summed E-state index contributed by atoms with van der Waals surface area (Å²) in [4.78, 5) is 49.9. The number of aromatic carboxylic acids is 1. The molecule has 4 rings (SSSR count). The lowest BCUT2D eigenvalue weighted by molar-refractivity contribution is -0.146. The number of hydrogen-bond acceptors (Lipinski definition) is 5. The maximum atomic E-state index is 13.4. The van der Waals surface area contributed by atoms with Crippen LogP contribution in [0.3, 0.4) is 0 Å². The highest BCUT2D eigenvalue weighted by Crippen LogP contribution is 2.37. The van der Waals surface area contributed by atoms with Crippen LogP contribution >= 0.6 is 11.8 Å². The second-order valence-electron chi connectivity index (χ2n) is 9.24. The molecule has 8 nitrogen and oxygen atoms in total. The van der Waals surface area contributed by atoms with Gasteiger partial charge in [0, 0.05) is 16.3 Å². The minimum absolute atomic E-state index is 0.0800. The Hall–Kier alpha value is -4.37. The van der Waals surface area contributed by atoms with Crippen molar-refractivity contribution in [1.29, 1.82) is 0 Å². The molecule has 0 saturated heterocycles. The number of carboxylic acid groups (broad SMARTS) is 2. The van der Waals surface area contributed by atoms with Gasteiger partial charge in [0.1, 0.15) is 5.25 Å². The zero-order chi connectivity index (χ0) is 27.9. The Morgan fingerprint density at radius 3 is 2.15 bits per heavy atom. The van der Waals surface area contributed by atoms with Gasteiger partial charge in [0.15, 0.2) is 0 Å². The molecule has 0 aliphatic heterocycles. The zero-order valence-electron chi connectivity index (χ0n) is 21.2. The number of thioether (sulfide) groups is 1. The molecule has 200 valence electrons. The lowest BCUT2D eigenvalue weighted by Gasteiger charge is -2.24. The van der Waals surface area contributed by atoms with E-state index in [1.165, 1.54) is 23.9 Å². The summed E-state index contributed by atoms with van der Waals surface area (Å²) in [6.07, 6.45) is 4.32. The molecule has 0 radical (unpaired) electrons. The number of allylic oxidation sites excluding steroid dienone is 2. The molecule has 0 saturated carbocycles. The van der Waals surface area contributed by atoms with Crippen LogP contribution in [0, 0.1) is 18.8 Å². The number of aryl methyl sites for hydroxylation is 1. The standard InChI is InChI=1S/C30H28N2O6S/c1-18-11-12-20(29(35)36)17-25(18)32-28(34)26(19-7-3-2-4-8-19)39-22-15-13-21(14-16-22)31-27(33)23-9-5-6-10-24(23)30(37)38/h2-8,11-17,23-24,26H,9-10H2,1H3,(H,31,33)(H,32,34)(H,35,36)(H,37,38). The highest BCUT2D eigenvalue weighted by Gasteiger charge is 2.34. The minimum Gasteiger partial charge on any atom is -0.481 e. The van der Waals surface area contributed by atoms with Crippen LogP contribution in [0.15, 0.2) is 89.8 Å². The first-order valence-corrected chi connectivity index (χ1v) is 13.3. The number of carbonyl (C=O) groups excluding carboxylic acids is 2.